The summed E-state index contributed by atoms with van der Waals surface area (Å²) in [5, 5.41) is 2.97. The smallest absolute Gasteiger partial charge is 0.238 e. The van der Waals surface area contributed by atoms with E-state index >= 15 is 4.39 Å². The predicted octanol–water partition coefficient (Wildman–Crippen LogP) is 5.40. The lowest BCUT2D eigenvalue weighted by molar-refractivity contribution is -0.122. The molecule has 186 valence electrons. The van der Waals surface area contributed by atoms with Gasteiger partial charge in [0.25, 0.3) is 0 Å². The second-order valence-electron chi connectivity index (χ2n) is 9.77. The molecule has 1 saturated heterocycles. The van der Waals surface area contributed by atoms with Crippen molar-refractivity contribution in [1.82, 2.24) is 4.90 Å². The van der Waals surface area contributed by atoms with Gasteiger partial charge in [-0.1, -0.05) is 54.6 Å². The van der Waals surface area contributed by atoms with Gasteiger partial charge in [0.15, 0.2) is 11.5 Å². The maximum atomic E-state index is 15.1. The highest BCUT2D eigenvalue weighted by Gasteiger charge is 2.71. The molecular weight excluding hydrogens is 483 g/mol. The summed E-state index contributed by atoms with van der Waals surface area (Å²) in [6.45, 7) is 0. The average Bonchev–Trinajstić information content (AvgIpc) is 3.65. The van der Waals surface area contributed by atoms with Gasteiger partial charge in [-0.05, 0) is 53.1 Å². The molecule has 0 aliphatic carbocycles. The van der Waals surface area contributed by atoms with E-state index in [0.717, 1.165) is 11.1 Å². The Balaban J connectivity index is 1.56. The number of benzene rings is 3. The second-order valence-corrected chi connectivity index (χ2v) is 9.77. The molecule has 0 bridgehead atoms. The number of hydrogen-bond acceptors (Lipinski definition) is 5. The zero-order valence-corrected chi connectivity index (χ0v) is 20.0. The Morgan fingerprint density at radius 3 is 2.47 bits per heavy atom. The lowest BCUT2D eigenvalue weighted by Crippen LogP contribution is -2.49. The van der Waals surface area contributed by atoms with Crippen LogP contribution in [-0.2, 0) is 10.2 Å². The van der Waals surface area contributed by atoms with Crippen molar-refractivity contribution in [3.8, 4) is 0 Å². The first-order valence-electron chi connectivity index (χ1n) is 12.4. The van der Waals surface area contributed by atoms with Crippen LogP contribution in [-0.4, -0.2) is 28.4 Å². The summed E-state index contributed by atoms with van der Waals surface area (Å²) in [6, 6.07) is 21.8. The lowest BCUT2D eigenvalue weighted by Gasteiger charge is -2.38. The monoisotopic (exact) mass is 504 g/mol. The van der Waals surface area contributed by atoms with Crippen LogP contribution in [0.2, 0.25) is 0 Å². The number of rotatable bonds is 4. The van der Waals surface area contributed by atoms with Crippen molar-refractivity contribution in [1.29, 1.82) is 0 Å². The van der Waals surface area contributed by atoms with Gasteiger partial charge in [-0.15, -0.1) is 0 Å². The van der Waals surface area contributed by atoms with Crippen LogP contribution in [0.5, 0.6) is 0 Å². The van der Waals surface area contributed by atoms with Crippen LogP contribution in [0, 0.1) is 11.7 Å². The molecule has 0 radical (unpaired) electrons. The molecule has 1 amide bonds. The summed E-state index contributed by atoms with van der Waals surface area (Å²) in [5.74, 6) is -3.35. The number of halogens is 1. The Morgan fingerprint density at radius 1 is 0.895 bits per heavy atom. The molecule has 3 aliphatic rings. The summed E-state index contributed by atoms with van der Waals surface area (Å²) in [5.41, 5.74) is 1.19. The number of nitrogens with zero attached hydrogens (tertiary/aromatic N) is 1. The Labute approximate surface area is 217 Å². The van der Waals surface area contributed by atoms with Crippen LogP contribution in [0.1, 0.15) is 43.6 Å². The molecule has 1 spiro atoms. The van der Waals surface area contributed by atoms with Gasteiger partial charge in [-0.3, -0.25) is 14.4 Å². The summed E-state index contributed by atoms with van der Waals surface area (Å²) in [7, 11) is 0. The van der Waals surface area contributed by atoms with Gasteiger partial charge >= 0.3 is 0 Å². The summed E-state index contributed by atoms with van der Waals surface area (Å²) in [6.07, 6.45) is 5.03. The van der Waals surface area contributed by atoms with E-state index in [0.29, 0.717) is 11.3 Å². The molecule has 1 fully saturated rings. The number of Topliss-reactive ketones (excluding diaryl/α,β-unsaturated/α-hetero) is 2. The van der Waals surface area contributed by atoms with Crippen LogP contribution in [0.4, 0.5) is 10.1 Å². The molecule has 0 unspecified atom stereocenters. The number of carbonyl (C=O) groups is 3. The zero-order valence-electron chi connectivity index (χ0n) is 20.0. The maximum Gasteiger partial charge on any atom is 0.238 e. The Morgan fingerprint density at radius 2 is 1.66 bits per heavy atom. The summed E-state index contributed by atoms with van der Waals surface area (Å²) >= 11 is 0. The highest BCUT2D eigenvalue weighted by molar-refractivity contribution is 6.16. The first-order chi connectivity index (χ1) is 18.5. The van der Waals surface area contributed by atoms with E-state index in [1.165, 1.54) is 30.5 Å². The first-order valence-corrected chi connectivity index (χ1v) is 12.4. The fraction of sp³-hybridized carbons (Fsp3) is 0.129. The van der Waals surface area contributed by atoms with Crippen molar-refractivity contribution in [3.63, 3.8) is 0 Å². The van der Waals surface area contributed by atoms with Crippen molar-refractivity contribution in [3.05, 3.63) is 131 Å². The Kier molecular flexibility index (Phi) is 4.79. The molecule has 4 heterocycles. The van der Waals surface area contributed by atoms with Gasteiger partial charge in [-0.25, -0.2) is 4.39 Å². The highest BCUT2D eigenvalue weighted by Crippen LogP contribution is 2.62. The second kappa shape index (κ2) is 8.11. The van der Waals surface area contributed by atoms with Crippen LogP contribution in [0.25, 0.3) is 6.08 Å². The van der Waals surface area contributed by atoms with E-state index < -0.39 is 46.7 Å². The molecule has 7 rings (SSSR count). The fourth-order valence-electron chi connectivity index (χ4n) is 6.56. The molecule has 0 saturated carbocycles. The number of nitrogens with one attached hydrogen (secondary N) is 1. The SMILES string of the molecule is O=C(c1ccco1)[C@H]1[C@H](C(=O)c2ccccc2F)[C@]2(C(=O)Nc3ccccc32)[C@H]2c3ccccc3C=CN12. The molecule has 3 aliphatic heterocycles. The number of ketones is 2. The first kappa shape index (κ1) is 22.4. The topological polar surface area (TPSA) is 79.6 Å². The molecule has 38 heavy (non-hydrogen) atoms. The van der Waals surface area contributed by atoms with Crippen LogP contribution in [0.15, 0.2) is 102 Å². The highest BCUT2D eigenvalue weighted by atomic mass is 19.1. The third-order valence-corrected chi connectivity index (χ3v) is 8.02. The van der Waals surface area contributed by atoms with E-state index in [1.54, 1.807) is 35.4 Å². The van der Waals surface area contributed by atoms with Crippen molar-refractivity contribution in [2.45, 2.75) is 17.5 Å². The largest absolute Gasteiger partial charge is 0.461 e. The molecule has 1 N–H and O–H groups in total. The predicted molar refractivity (Wildman–Crippen MR) is 138 cm³/mol. The zero-order chi connectivity index (χ0) is 26.0. The number of furan rings is 1. The number of carbonyl (C=O) groups excluding carboxylic acids is 3. The lowest BCUT2D eigenvalue weighted by atomic mass is 9.62. The molecule has 4 aromatic rings. The van der Waals surface area contributed by atoms with Gasteiger partial charge in [-0.2, -0.15) is 0 Å². The van der Waals surface area contributed by atoms with Crippen molar-refractivity contribution in [2.75, 3.05) is 5.32 Å². The van der Waals surface area contributed by atoms with Crippen LogP contribution < -0.4 is 5.32 Å². The molecule has 1 aromatic heterocycles. The van der Waals surface area contributed by atoms with Gasteiger partial charge in [0.2, 0.25) is 11.7 Å². The minimum Gasteiger partial charge on any atom is -0.461 e. The molecule has 7 heteroatoms. The van der Waals surface area contributed by atoms with Crippen molar-refractivity contribution < 1.29 is 23.2 Å². The van der Waals surface area contributed by atoms with Gasteiger partial charge < -0.3 is 14.6 Å². The Bertz CT molecular complexity index is 1660. The minimum atomic E-state index is -1.51. The van der Waals surface area contributed by atoms with Gasteiger partial charge in [0.05, 0.1) is 23.8 Å². The molecular formula is C31H21FN2O4. The number of para-hydroxylation sites is 1. The summed E-state index contributed by atoms with van der Waals surface area (Å²) in [4.78, 5) is 44.6. The summed E-state index contributed by atoms with van der Waals surface area (Å²) < 4.78 is 20.6. The van der Waals surface area contributed by atoms with E-state index in [4.69, 9.17) is 4.42 Å². The van der Waals surface area contributed by atoms with E-state index in [1.807, 2.05) is 42.5 Å². The van der Waals surface area contributed by atoms with E-state index in [9.17, 15) is 14.4 Å². The average molecular weight is 505 g/mol. The molecule has 6 nitrogen and oxygen atoms in total. The maximum absolute atomic E-state index is 15.1. The quantitative estimate of drug-likeness (QED) is 0.377. The standard InChI is InChI=1S/C31H21FN2O4/c32-22-12-5-3-10-20(22)27(35)25-26(28(36)24-14-7-17-38-24)34-16-15-18-8-1-2-9-19(18)29(34)31(25)21-11-4-6-13-23(21)33-30(31)37/h1-17,25-26,29H,(H,33,37)/t25-,26-,29-,31+/m1/s1. The van der Waals surface area contributed by atoms with Crippen molar-refractivity contribution >= 4 is 29.2 Å². The van der Waals surface area contributed by atoms with E-state index in [2.05, 4.69) is 5.32 Å². The van der Waals surface area contributed by atoms with Crippen LogP contribution in [0.3, 0.4) is 0 Å². The number of fused-ring (bicyclic) bond motifs is 6. The van der Waals surface area contributed by atoms with E-state index in [-0.39, 0.29) is 11.3 Å². The Hall–Kier alpha value is -4.78. The number of hydrogen-bond donors (Lipinski definition) is 1. The third kappa shape index (κ3) is 2.84. The van der Waals surface area contributed by atoms with Gasteiger partial charge in [0.1, 0.15) is 17.3 Å². The normalized spacial score (nSPS) is 24.6. The number of amides is 1. The van der Waals surface area contributed by atoms with Crippen LogP contribution >= 0.6 is 0 Å². The number of anilines is 1. The van der Waals surface area contributed by atoms with Gasteiger partial charge in [0, 0.05) is 11.9 Å². The molecule has 4 atom stereocenters. The fourth-order valence-corrected chi connectivity index (χ4v) is 6.56. The third-order valence-electron chi connectivity index (χ3n) is 8.02. The molecule has 3 aromatic carbocycles. The van der Waals surface area contributed by atoms with Crippen molar-refractivity contribution in [2.24, 2.45) is 5.92 Å². The minimum absolute atomic E-state index is 0.0658.